The van der Waals surface area contributed by atoms with E-state index in [-0.39, 0.29) is 5.91 Å². The largest absolute Gasteiger partial charge is 0.348 e. The smallest absolute Gasteiger partial charge is 0.236 e. The Morgan fingerprint density at radius 2 is 2.29 bits per heavy atom. The normalized spacial score (nSPS) is 27.4. The minimum Gasteiger partial charge on any atom is -0.348 e. The number of rotatable bonds is 3. The van der Waals surface area contributed by atoms with Crippen molar-refractivity contribution in [2.24, 2.45) is 0 Å². The van der Waals surface area contributed by atoms with Crippen LogP contribution in [0.2, 0.25) is 0 Å². The van der Waals surface area contributed by atoms with Crippen LogP contribution in [0.5, 0.6) is 0 Å². The molecule has 0 spiro atoms. The fraction of sp³-hybridized carbons (Fsp3) is 0.900. The van der Waals surface area contributed by atoms with Crippen LogP contribution in [0.4, 0.5) is 0 Å². The Morgan fingerprint density at radius 1 is 1.57 bits per heavy atom. The predicted octanol–water partition coefficient (Wildman–Crippen LogP) is 0.948. The van der Waals surface area contributed by atoms with Crippen molar-refractivity contribution in [1.82, 2.24) is 10.2 Å². The number of carbonyl (C=O) groups excluding carboxylic acids is 1. The summed E-state index contributed by atoms with van der Waals surface area (Å²) in [6.07, 6.45) is 2.47. The van der Waals surface area contributed by atoms with Crippen molar-refractivity contribution < 1.29 is 4.79 Å². The minimum atomic E-state index is 0.160. The Labute approximate surface area is 90.6 Å². The summed E-state index contributed by atoms with van der Waals surface area (Å²) in [4.78, 5) is 13.0. The van der Waals surface area contributed by atoms with Gasteiger partial charge in [-0.05, 0) is 18.6 Å². The molecule has 82 valence electrons. The zero-order chi connectivity index (χ0) is 10.6. The molecule has 1 rings (SSSR count). The first-order valence-corrected chi connectivity index (χ1v) is 6.21. The molecule has 0 bridgehead atoms. The predicted molar refractivity (Wildman–Crippen MR) is 61.6 cm³/mol. The standard InChI is InChI=1S/C10H20N2OS/c1-8-9(5-4-6-14-8)11-7-10(13)12(2)3/h8-9,11H,4-7H2,1-3H3. The molecule has 0 aliphatic carbocycles. The van der Waals surface area contributed by atoms with Crippen molar-refractivity contribution in [2.45, 2.75) is 31.1 Å². The van der Waals surface area contributed by atoms with Gasteiger partial charge in [-0.25, -0.2) is 0 Å². The number of likely N-dealkylation sites (N-methyl/N-ethyl adjacent to an activating group) is 1. The van der Waals surface area contributed by atoms with Crippen LogP contribution in [0.15, 0.2) is 0 Å². The van der Waals surface area contributed by atoms with Crippen LogP contribution < -0.4 is 5.32 Å². The Balaban J connectivity index is 2.26. The summed E-state index contributed by atoms with van der Waals surface area (Å²) < 4.78 is 0. The van der Waals surface area contributed by atoms with Gasteiger partial charge in [0.25, 0.3) is 0 Å². The summed E-state index contributed by atoms with van der Waals surface area (Å²) in [5.74, 6) is 1.42. The van der Waals surface area contributed by atoms with Gasteiger partial charge in [0.15, 0.2) is 0 Å². The highest BCUT2D eigenvalue weighted by atomic mass is 32.2. The van der Waals surface area contributed by atoms with Gasteiger partial charge in [0, 0.05) is 25.4 Å². The van der Waals surface area contributed by atoms with Gasteiger partial charge in [-0.3, -0.25) is 4.79 Å². The average Bonchev–Trinajstić information content (AvgIpc) is 2.16. The monoisotopic (exact) mass is 216 g/mol. The fourth-order valence-electron chi connectivity index (χ4n) is 1.57. The van der Waals surface area contributed by atoms with E-state index in [1.165, 1.54) is 18.6 Å². The van der Waals surface area contributed by atoms with E-state index in [0.29, 0.717) is 17.8 Å². The molecule has 2 unspecified atom stereocenters. The van der Waals surface area contributed by atoms with Gasteiger partial charge in [0.1, 0.15) is 0 Å². The van der Waals surface area contributed by atoms with Crippen LogP contribution in [-0.4, -0.2) is 48.5 Å². The highest BCUT2D eigenvalue weighted by molar-refractivity contribution is 7.99. The molecule has 1 amide bonds. The van der Waals surface area contributed by atoms with E-state index in [0.717, 1.165) is 0 Å². The maximum absolute atomic E-state index is 11.3. The third-order valence-corrected chi connectivity index (χ3v) is 4.00. The summed E-state index contributed by atoms with van der Waals surface area (Å²) in [5.41, 5.74) is 0. The van der Waals surface area contributed by atoms with E-state index in [2.05, 4.69) is 12.2 Å². The molecule has 1 aliphatic rings. The lowest BCUT2D eigenvalue weighted by Crippen LogP contribution is -2.44. The molecule has 1 fully saturated rings. The highest BCUT2D eigenvalue weighted by Crippen LogP contribution is 2.24. The molecule has 0 saturated carbocycles. The summed E-state index contributed by atoms with van der Waals surface area (Å²) in [5, 5.41) is 3.98. The molecule has 0 radical (unpaired) electrons. The van der Waals surface area contributed by atoms with Gasteiger partial charge < -0.3 is 10.2 Å². The number of hydrogen-bond donors (Lipinski definition) is 1. The SMILES string of the molecule is CC1SCCCC1NCC(=O)N(C)C. The van der Waals surface area contributed by atoms with Gasteiger partial charge in [-0.15, -0.1) is 0 Å². The Kier molecular flexibility index (Phi) is 4.75. The van der Waals surface area contributed by atoms with Gasteiger partial charge in [0.2, 0.25) is 5.91 Å². The molecule has 4 heteroatoms. The lowest BCUT2D eigenvalue weighted by molar-refractivity contribution is -0.127. The first-order valence-electron chi connectivity index (χ1n) is 5.16. The second-order valence-corrected chi connectivity index (χ2v) is 5.48. The maximum Gasteiger partial charge on any atom is 0.236 e. The van der Waals surface area contributed by atoms with Crippen LogP contribution >= 0.6 is 11.8 Å². The lowest BCUT2D eigenvalue weighted by Gasteiger charge is -2.29. The van der Waals surface area contributed by atoms with E-state index in [4.69, 9.17) is 0 Å². The van der Waals surface area contributed by atoms with E-state index in [1.807, 2.05) is 11.8 Å². The third-order valence-electron chi connectivity index (χ3n) is 2.62. The highest BCUT2D eigenvalue weighted by Gasteiger charge is 2.21. The lowest BCUT2D eigenvalue weighted by atomic mass is 10.1. The maximum atomic E-state index is 11.3. The molecule has 1 heterocycles. The Hall–Kier alpha value is -0.220. The second kappa shape index (κ2) is 5.61. The van der Waals surface area contributed by atoms with Crippen LogP contribution in [0.1, 0.15) is 19.8 Å². The molecule has 1 aliphatic heterocycles. The van der Waals surface area contributed by atoms with Gasteiger partial charge >= 0.3 is 0 Å². The third kappa shape index (κ3) is 3.50. The fourth-order valence-corrected chi connectivity index (χ4v) is 2.74. The van der Waals surface area contributed by atoms with Crippen LogP contribution in [0.3, 0.4) is 0 Å². The zero-order valence-electron chi connectivity index (χ0n) is 9.25. The van der Waals surface area contributed by atoms with Gasteiger partial charge in [-0.1, -0.05) is 6.92 Å². The van der Waals surface area contributed by atoms with Crippen molar-refractivity contribution in [3.63, 3.8) is 0 Å². The van der Waals surface area contributed by atoms with Crippen molar-refractivity contribution >= 4 is 17.7 Å². The topological polar surface area (TPSA) is 32.3 Å². The Bertz CT molecular complexity index is 197. The number of thioether (sulfide) groups is 1. The number of carbonyl (C=O) groups is 1. The summed E-state index contributed by atoms with van der Waals surface area (Å²) in [6.45, 7) is 2.71. The number of amides is 1. The molecule has 2 atom stereocenters. The summed E-state index contributed by atoms with van der Waals surface area (Å²) >= 11 is 2.00. The number of hydrogen-bond acceptors (Lipinski definition) is 3. The molecule has 14 heavy (non-hydrogen) atoms. The molecule has 0 aromatic carbocycles. The molecular weight excluding hydrogens is 196 g/mol. The molecule has 1 saturated heterocycles. The average molecular weight is 216 g/mol. The van der Waals surface area contributed by atoms with E-state index in [1.54, 1.807) is 19.0 Å². The van der Waals surface area contributed by atoms with E-state index < -0.39 is 0 Å². The first kappa shape index (κ1) is 11.9. The molecule has 3 nitrogen and oxygen atoms in total. The van der Waals surface area contributed by atoms with Crippen LogP contribution in [-0.2, 0) is 4.79 Å². The molecular formula is C10H20N2OS. The van der Waals surface area contributed by atoms with Gasteiger partial charge in [-0.2, -0.15) is 11.8 Å². The first-order chi connectivity index (χ1) is 6.61. The van der Waals surface area contributed by atoms with E-state index in [9.17, 15) is 4.79 Å². The van der Waals surface area contributed by atoms with Crippen molar-refractivity contribution in [2.75, 3.05) is 26.4 Å². The van der Waals surface area contributed by atoms with Crippen LogP contribution in [0.25, 0.3) is 0 Å². The summed E-state index contributed by atoms with van der Waals surface area (Å²) in [6, 6.07) is 0.512. The minimum absolute atomic E-state index is 0.160. The second-order valence-electron chi connectivity index (χ2n) is 3.99. The van der Waals surface area contributed by atoms with Crippen molar-refractivity contribution in [3.8, 4) is 0 Å². The number of nitrogens with zero attached hydrogens (tertiary/aromatic N) is 1. The van der Waals surface area contributed by atoms with Crippen molar-refractivity contribution in [1.29, 1.82) is 0 Å². The van der Waals surface area contributed by atoms with E-state index >= 15 is 0 Å². The summed E-state index contributed by atoms with van der Waals surface area (Å²) in [7, 11) is 3.59. The van der Waals surface area contributed by atoms with Crippen LogP contribution in [0, 0.1) is 0 Å². The van der Waals surface area contributed by atoms with Crippen molar-refractivity contribution in [3.05, 3.63) is 0 Å². The molecule has 0 aromatic rings. The molecule has 1 N–H and O–H groups in total. The number of nitrogens with one attached hydrogen (secondary N) is 1. The molecule has 0 aromatic heterocycles. The van der Waals surface area contributed by atoms with Gasteiger partial charge in [0.05, 0.1) is 6.54 Å². The quantitative estimate of drug-likeness (QED) is 0.762. The zero-order valence-corrected chi connectivity index (χ0v) is 10.1. The Morgan fingerprint density at radius 3 is 2.86 bits per heavy atom.